The molecule has 2 heterocycles. The molecule has 0 aliphatic carbocycles. The number of nitrogens with zero attached hydrogens (tertiary/aromatic N) is 1. The van der Waals surface area contributed by atoms with Crippen LogP contribution in [0.1, 0.15) is 16.8 Å². The number of nitrogen functional groups attached to an aromatic ring is 1. The number of rotatable bonds is 6. The maximum Gasteiger partial charge on any atom is 0.261 e. The monoisotopic (exact) mass is 438 g/mol. The van der Waals surface area contributed by atoms with Crippen LogP contribution in [0.4, 0.5) is 10.1 Å². The van der Waals surface area contributed by atoms with Crippen LogP contribution in [0.5, 0.6) is 0 Å². The number of primary amides is 1. The molecule has 164 valence electrons. The van der Waals surface area contributed by atoms with Crippen LogP contribution in [0.3, 0.4) is 0 Å². The number of aromatic nitrogens is 3. The van der Waals surface area contributed by atoms with Gasteiger partial charge in [0.25, 0.3) is 11.5 Å². The van der Waals surface area contributed by atoms with Crippen LogP contribution in [-0.2, 0) is 4.79 Å². The van der Waals surface area contributed by atoms with Gasteiger partial charge in [0.1, 0.15) is 17.2 Å². The first-order chi connectivity index (χ1) is 15.2. The number of benzene rings is 2. The van der Waals surface area contributed by atoms with Crippen LogP contribution < -0.4 is 22.3 Å². The van der Waals surface area contributed by atoms with Gasteiger partial charge in [0.05, 0.1) is 40.1 Å². The van der Waals surface area contributed by atoms with Crippen molar-refractivity contribution in [3.63, 3.8) is 0 Å². The topological polar surface area (TPSA) is 180 Å². The lowest BCUT2D eigenvalue weighted by atomic mass is 10.1. The highest BCUT2D eigenvalue weighted by Crippen LogP contribution is 2.29. The Hall–Kier alpha value is -4.25. The van der Waals surface area contributed by atoms with E-state index in [2.05, 4.69) is 20.3 Å². The number of carbonyl (C=O) groups excluding carboxylic acids is 2. The molecule has 8 N–H and O–H groups in total. The molecule has 4 aromatic rings. The summed E-state index contributed by atoms with van der Waals surface area (Å²) in [4.78, 5) is 45.7. The summed E-state index contributed by atoms with van der Waals surface area (Å²) in [5.74, 6) is -1.62. The zero-order valence-corrected chi connectivity index (χ0v) is 16.6. The Morgan fingerprint density at radius 3 is 2.72 bits per heavy atom. The van der Waals surface area contributed by atoms with E-state index >= 15 is 0 Å². The minimum absolute atomic E-state index is 0.0145. The molecule has 0 aliphatic rings. The third kappa shape index (κ3) is 3.88. The molecule has 0 spiro atoms. The van der Waals surface area contributed by atoms with Gasteiger partial charge in [-0.3, -0.25) is 14.4 Å². The number of imidazole rings is 1. The van der Waals surface area contributed by atoms with Gasteiger partial charge < -0.3 is 31.9 Å². The Labute approximate surface area is 179 Å². The van der Waals surface area contributed by atoms with E-state index in [0.29, 0.717) is 11.0 Å². The number of aromatic amines is 2. The minimum Gasteiger partial charge on any atom is -0.397 e. The van der Waals surface area contributed by atoms with Crippen molar-refractivity contribution in [2.45, 2.75) is 12.5 Å². The first-order valence-corrected chi connectivity index (χ1v) is 9.59. The predicted octanol–water partition coefficient (Wildman–Crippen LogP) is 0.759. The van der Waals surface area contributed by atoms with Gasteiger partial charge in [-0.15, -0.1) is 0 Å². The minimum atomic E-state index is -1.10. The van der Waals surface area contributed by atoms with E-state index in [-0.39, 0.29) is 46.5 Å². The summed E-state index contributed by atoms with van der Waals surface area (Å²) in [6.45, 7) is -0.150. The van der Waals surface area contributed by atoms with Gasteiger partial charge in [-0.05, 0) is 30.3 Å². The number of carbonyl (C=O) groups is 2. The Kier molecular flexibility index (Phi) is 5.33. The van der Waals surface area contributed by atoms with Crippen molar-refractivity contribution < 1.29 is 19.1 Å². The van der Waals surface area contributed by atoms with E-state index in [9.17, 15) is 23.9 Å². The van der Waals surface area contributed by atoms with Crippen molar-refractivity contribution in [2.75, 3.05) is 12.3 Å². The lowest BCUT2D eigenvalue weighted by Crippen LogP contribution is -2.34. The number of fused-ring (bicyclic) bond motifs is 2. The zero-order valence-electron chi connectivity index (χ0n) is 16.6. The van der Waals surface area contributed by atoms with E-state index in [4.69, 9.17) is 11.5 Å². The highest BCUT2D eigenvalue weighted by Gasteiger charge is 2.19. The second-order valence-corrected chi connectivity index (χ2v) is 7.26. The maximum absolute atomic E-state index is 14.3. The Morgan fingerprint density at radius 1 is 1.19 bits per heavy atom. The van der Waals surface area contributed by atoms with E-state index in [1.165, 1.54) is 24.3 Å². The van der Waals surface area contributed by atoms with Gasteiger partial charge in [0.15, 0.2) is 0 Å². The molecule has 11 heteroatoms. The van der Waals surface area contributed by atoms with Crippen molar-refractivity contribution in [3.05, 3.63) is 58.1 Å². The van der Waals surface area contributed by atoms with E-state index in [0.717, 1.165) is 0 Å². The fourth-order valence-corrected chi connectivity index (χ4v) is 3.46. The first-order valence-electron chi connectivity index (χ1n) is 9.59. The number of hydrogen-bond donors (Lipinski definition) is 6. The normalized spacial score (nSPS) is 12.2. The number of aliphatic hydroxyl groups is 1. The summed E-state index contributed by atoms with van der Waals surface area (Å²) in [7, 11) is 0. The number of nitrogens with one attached hydrogen (secondary N) is 3. The smallest absolute Gasteiger partial charge is 0.261 e. The molecule has 2 amide bonds. The summed E-state index contributed by atoms with van der Waals surface area (Å²) in [6.07, 6.45) is -1.37. The average Bonchev–Trinajstić information content (AvgIpc) is 3.13. The van der Waals surface area contributed by atoms with Crippen LogP contribution in [0, 0.1) is 5.82 Å². The highest BCUT2D eigenvalue weighted by atomic mass is 19.1. The Bertz CT molecular complexity index is 1430. The third-order valence-corrected chi connectivity index (χ3v) is 4.94. The van der Waals surface area contributed by atoms with Crippen LogP contribution >= 0.6 is 0 Å². The highest BCUT2D eigenvalue weighted by molar-refractivity contribution is 6.00. The average molecular weight is 438 g/mol. The number of hydrogen-bond acceptors (Lipinski definition) is 6. The first kappa shape index (κ1) is 21.0. The van der Waals surface area contributed by atoms with Gasteiger partial charge in [-0.2, -0.15) is 0 Å². The fourth-order valence-electron chi connectivity index (χ4n) is 3.46. The standard InChI is InChI=1S/C21H19FN6O4/c22-11-2-1-3-13-16(11)18(24)17(21(32)28-13)19-26-12-5-4-9(6-14(12)27-19)20(31)25-8-10(29)7-15(23)30/h1-6,10,29H,7-8H2,(H2,23,30)(H,25,31)(H,26,27)(H3,24,28,32). The molecule has 0 bridgehead atoms. The van der Waals surface area contributed by atoms with Crippen molar-refractivity contribution in [2.24, 2.45) is 5.73 Å². The van der Waals surface area contributed by atoms with E-state index < -0.39 is 29.3 Å². The molecular weight excluding hydrogens is 419 g/mol. The molecular formula is C21H19FN6O4. The van der Waals surface area contributed by atoms with E-state index in [1.54, 1.807) is 12.1 Å². The van der Waals surface area contributed by atoms with Gasteiger partial charge in [-0.1, -0.05) is 6.07 Å². The van der Waals surface area contributed by atoms with E-state index in [1.807, 2.05) is 0 Å². The lowest BCUT2D eigenvalue weighted by Gasteiger charge is -2.10. The van der Waals surface area contributed by atoms with Crippen LogP contribution in [0.25, 0.3) is 33.3 Å². The van der Waals surface area contributed by atoms with Gasteiger partial charge in [0, 0.05) is 12.1 Å². The summed E-state index contributed by atoms with van der Waals surface area (Å²) in [6, 6.07) is 8.84. The van der Waals surface area contributed by atoms with Crippen molar-refractivity contribution in [3.8, 4) is 11.4 Å². The number of aliphatic hydroxyl groups excluding tert-OH is 1. The zero-order chi connectivity index (χ0) is 23.0. The SMILES string of the molecule is NC(=O)CC(O)CNC(=O)c1ccc2nc(-c3c(N)c4c(F)cccc4[nH]c3=O)[nH]c2c1. The van der Waals surface area contributed by atoms with Crippen LogP contribution in [-0.4, -0.2) is 44.5 Å². The number of pyridine rings is 1. The molecule has 1 atom stereocenters. The second-order valence-electron chi connectivity index (χ2n) is 7.26. The molecule has 0 fully saturated rings. The number of amides is 2. The molecule has 0 radical (unpaired) electrons. The van der Waals surface area contributed by atoms with Gasteiger partial charge in [-0.25, -0.2) is 9.37 Å². The maximum atomic E-state index is 14.3. The summed E-state index contributed by atoms with van der Waals surface area (Å²) in [5, 5.41) is 12.2. The Morgan fingerprint density at radius 2 is 1.97 bits per heavy atom. The second kappa shape index (κ2) is 8.12. The van der Waals surface area contributed by atoms with Crippen molar-refractivity contribution in [1.29, 1.82) is 0 Å². The molecule has 1 unspecified atom stereocenters. The van der Waals surface area contributed by atoms with Crippen LogP contribution in [0.2, 0.25) is 0 Å². The fraction of sp³-hybridized carbons (Fsp3) is 0.143. The van der Waals surface area contributed by atoms with Gasteiger partial charge in [0.2, 0.25) is 5.91 Å². The molecule has 0 saturated carbocycles. The summed E-state index contributed by atoms with van der Waals surface area (Å²) in [5.41, 5.74) is 11.9. The molecule has 10 nitrogen and oxygen atoms in total. The third-order valence-electron chi connectivity index (χ3n) is 4.94. The lowest BCUT2D eigenvalue weighted by molar-refractivity contribution is -0.119. The largest absolute Gasteiger partial charge is 0.397 e. The molecule has 0 aliphatic heterocycles. The molecule has 32 heavy (non-hydrogen) atoms. The summed E-state index contributed by atoms with van der Waals surface area (Å²) < 4.78 is 14.3. The number of H-pyrrole nitrogens is 2. The molecule has 4 rings (SSSR count). The number of nitrogens with two attached hydrogens (primary N) is 2. The molecule has 2 aromatic heterocycles. The van der Waals surface area contributed by atoms with Gasteiger partial charge >= 0.3 is 0 Å². The molecule has 0 saturated heterocycles. The Balaban J connectivity index is 1.67. The number of halogens is 1. The predicted molar refractivity (Wildman–Crippen MR) is 116 cm³/mol. The number of anilines is 1. The van der Waals surface area contributed by atoms with Crippen molar-refractivity contribution >= 4 is 39.4 Å². The summed E-state index contributed by atoms with van der Waals surface area (Å²) >= 11 is 0. The quantitative estimate of drug-likeness (QED) is 0.258. The van der Waals surface area contributed by atoms with Crippen LogP contribution in [0.15, 0.2) is 41.2 Å². The van der Waals surface area contributed by atoms with Crippen molar-refractivity contribution in [1.82, 2.24) is 20.3 Å². The molecule has 2 aromatic carbocycles.